The third-order valence-electron chi connectivity index (χ3n) is 2.17. The van der Waals surface area contributed by atoms with E-state index >= 15 is 0 Å². The first-order chi connectivity index (χ1) is 8.20. The molecular formula is C12H12N2OS2. The number of hydrogen-bond acceptors (Lipinski definition) is 5. The van der Waals surface area contributed by atoms with Crippen molar-refractivity contribution in [3.05, 3.63) is 42.6 Å². The van der Waals surface area contributed by atoms with Gasteiger partial charge in [-0.05, 0) is 18.4 Å². The number of phenolic OH excluding ortho intramolecular Hbond substituents is 1. The summed E-state index contributed by atoms with van der Waals surface area (Å²) in [5.41, 5.74) is 1.33. The molecule has 0 unspecified atom stereocenters. The van der Waals surface area contributed by atoms with E-state index in [0.717, 1.165) is 9.34 Å². The summed E-state index contributed by atoms with van der Waals surface area (Å²) in [6, 6.07) is 7.09. The molecular weight excluding hydrogens is 252 g/mol. The van der Waals surface area contributed by atoms with Gasteiger partial charge in [0, 0.05) is 11.3 Å². The molecule has 0 fully saturated rings. The van der Waals surface area contributed by atoms with Gasteiger partial charge in [-0.15, -0.1) is 11.8 Å². The lowest BCUT2D eigenvalue weighted by atomic mass is 10.1. The van der Waals surface area contributed by atoms with Crippen molar-refractivity contribution in [2.45, 2.75) is 4.21 Å². The lowest BCUT2D eigenvalue weighted by molar-refractivity contribution is 0.473. The van der Waals surface area contributed by atoms with Crippen LogP contribution in [0.25, 0.3) is 5.70 Å². The van der Waals surface area contributed by atoms with Crippen molar-refractivity contribution in [3.8, 4) is 5.75 Å². The number of thioether (sulfide) groups is 1. The van der Waals surface area contributed by atoms with Gasteiger partial charge < -0.3 is 10.4 Å². The topological polar surface area (TPSA) is 45.2 Å². The minimum Gasteiger partial charge on any atom is -0.507 e. The summed E-state index contributed by atoms with van der Waals surface area (Å²) in [5.74, 6) is 0.214. The predicted molar refractivity (Wildman–Crippen MR) is 74.7 cm³/mol. The van der Waals surface area contributed by atoms with Gasteiger partial charge in [-0.3, -0.25) is 0 Å². The Morgan fingerprint density at radius 1 is 1.47 bits per heavy atom. The van der Waals surface area contributed by atoms with Gasteiger partial charge >= 0.3 is 0 Å². The van der Waals surface area contributed by atoms with Crippen molar-refractivity contribution in [1.82, 2.24) is 4.98 Å². The number of anilines is 1. The van der Waals surface area contributed by atoms with Gasteiger partial charge in [0.1, 0.15) is 5.75 Å². The summed E-state index contributed by atoms with van der Waals surface area (Å²) >= 11 is 3.21. The third kappa shape index (κ3) is 2.81. The number of para-hydroxylation sites is 1. The minimum atomic E-state index is 0.214. The Bertz CT molecular complexity index is 537. The summed E-state index contributed by atoms with van der Waals surface area (Å²) in [6.45, 7) is 3.90. The maximum absolute atomic E-state index is 9.69. The Balaban J connectivity index is 2.14. The van der Waals surface area contributed by atoms with Crippen molar-refractivity contribution in [2.75, 3.05) is 11.6 Å². The van der Waals surface area contributed by atoms with Crippen LogP contribution in [0.2, 0.25) is 0 Å². The second-order valence-electron chi connectivity index (χ2n) is 3.31. The fraction of sp³-hybridized carbons (Fsp3) is 0.0833. The van der Waals surface area contributed by atoms with Crippen LogP contribution in [0, 0.1) is 0 Å². The molecule has 2 aromatic rings. The van der Waals surface area contributed by atoms with Crippen LogP contribution in [-0.4, -0.2) is 16.3 Å². The van der Waals surface area contributed by atoms with Crippen molar-refractivity contribution in [1.29, 1.82) is 0 Å². The standard InChI is InChI=1S/C12H12N2OS2/c1-8(9-5-3-4-6-10(9)15)14-12-13-7-11(16-2)17-12/h3-7,15H,1H2,2H3,(H,13,14). The smallest absolute Gasteiger partial charge is 0.188 e. The summed E-state index contributed by atoms with van der Waals surface area (Å²) in [5, 5.41) is 13.6. The molecule has 0 atom stereocenters. The number of nitrogens with one attached hydrogen (secondary N) is 1. The second kappa shape index (κ2) is 5.25. The van der Waals surface area contributed by atoms with E-state index in [-0.39, 0.29) is 5.75 Å². The number of hydrogen-bond donors (Lipinski definition) is 2. The first-order valence-electron chi connectivity index (χ1n) is 4.95. The number of thiazole rings is 1. The zero-order valence-electron chi connectivity index (χ0n) is 9.30. The maximum atomic E-state index is 9.69. The highest BCUT2D eigenvalue weighted by atomic mass is 32.2. The highest BCUT2D eigenvalue weighted by molar-refractivity contribution is 8.00. The van der Waals surface area contributed by atoms with Crippen molar-refractivity contribution < 1.29 is 5.11 Å². The first kappa shape index (κ1) is 12.0. The lowest BCUT2D eigenvalue weighted by Gasteiger charge is -2.08. The molecule has 5 heteroatoms. The van der Waals surface area contributed by atoms with Crippen molar-refractivity contribution in [2.24, 2.45) is 0 Å². The number of aromatic hydroxyl groups is 1. The highest BCUT2D eigenvalue weighted by Gasteiger charge is 2.06. The van der Waals surface area contributed by atoms with Crippen LogP contribution in [0.3, 0.4) is 0 Å². The first-order valence-corrected chi connectivity index (χ1v) is 6.99. The van der Waals surface area contributed by atoms with Crippen molar-refractivity contribution >= 4 is 33.9 Å². The fourth-order valence-corrected chi connectivity index (χ4v) is 2.64. The van der Waals surface area contributed by atoms with E-state index in [1.165, 1.54) is 0 Å². The van der Waals surface area contributed by atoms with Gasteiger partial charge in [0.2, 0.25) is 0 Å². The molecule has 0 radical (unpaired) electrons. The molecule has 2 N–H and O–H groups in total. The molecule has 1 heterocycles. The number of nitrogens with zero attached hydrogens (tertiary/aromatic N) is 1. The molecule has 0 aliphatic rings. The van der Waals surface area contributed by atoms with E-state index in [9.17, 15) is 5.11 Å². The summed E-state index contributed by atoms with van der Waals surface area (Å²) in [7, 11) is 0. The molecule has 1 aromatic carbocycles. The third-order valence-corrected chi connectivity index (χ3v) is 4.14. The maximum Gasteiger partial charge on any atom is 0.188 e. The zero-order chi connectivity index (χ0) is 12.3. The van der Waals surface area contributed by atoms with E-state index in [0.29, 0.717) is 11.3 Å². The van der Waals surface area contributed by atoms with Crippen LogP contribution in [-0.2, 0) is 0 Å². The van der Waals surface area contributed by atoms with E-state index in [1.54, 1.807) is 35.2 Å². The largest absolute Gasteiger partial charge is 0.507 e. The van der Waals surface area contributed by atoms with Crippen LogP contribution in [0.1, 0.15) is 5.56 Å². The van der Waals surface area contributed by atoms with Crippen LogP contribution < -0.4 is 5.32 Å². The Morgan fingerprint density at radius 3 is 2.88 bits per heavy atom. The van der Waals surface area contributed by atoms with Gasteiger partial charge in [0.25, 0.3) is 0 Å². The summed E-state index contributed by atoms with van der Waals surface area (Å²) in [6.07, 6.45) is 3.82. The molecule has 1 aromatic heterocycles. The zero-order valence-corrected chi connectivity index (χ0v) is 10.9. The Kier molecular flexibility index (Phi) is 3.71. The molecule has 88 valence electrons. The number of rotatable bonds is 4. The molecule has 17 heavy (non-hydrogen) atoms. The van der Waals surface area contributed by atoms with Crippen LogP contribution in [0.5, 0.6) is 5.75 Å². The van der Waals surface area contributed by atoms with Crippen LogP contribution >= 0.6 is 23.1 Å². The van der Waals surface area contributed by atoms with E-state index in [2.05, 4.69) is 16.9 Å². The average Bonchev–Trinajstić information content (AvgIpc) is 2.77. The van der Waals surface area contributed by atoms with Gasteiger partial charge in [-0.2, -0.15) is 0 Å². The number of phenols is 1. The molecule has 0 aliphatic heterocycles. The highest BCUT2D eigenvalue weighted by Crippen LogP contribution is 2.30. The Hall–Kier alpha value is -1.46. The summed E-state index contributed by atoms with van der Waals surface area (Å²) in [4.78, 5) is 4.23. The molecule has 0 amide bonds. The quantitative estimate of drug-likeness (QED) is 0.827. The number of aromatic nitrogens is 1. The molecule has 0 saturated heterocycles. The molecule has 0 bridgehead atoms. The fourth-order valence-electron chi connectivity index (χ4n) is 1.34. The van der Waals surface area contributed by atoms with Crippen LogP contribution in [0.4, 0.5) is 5.13 Å². The molecule has 2 rings (SSSR count). The average molecular weight is 264 g/mol. The van der Waals surface area contributed by atoms with E-state index in [1.807, 2.05) is 24.6 Å². The van der Waals surface area contributed by atoms with Gasteiger partial charge in [-0.1, -0.05) is 30.0 Å². The monoisotopic (exact) mass is 264 g/mol. The van der Waals surface area contributed by atoms with Gasteiger partial charge in [0.15, 0.2) is 5.13 Å². The van der Waals surface area contributed by atoms with E-state index < -0.39 is 0 Å². The molecule has 0 aliphatic carbocycles. The van der Waals surface area contributed by atoms with Crippen LogP contribution in [0.15, 0.2) is 41.3 Å². The SMILES string of the molecule is C=C(Nc1ncc(SC)s1)c1ccccc1O. The number of benzene rings is 1. The summed E-state index contributed by atoms with van der Waals surface area (Å²) < 4.78 is 1.14. The predicted octanol–water partition coefficient (Wildman–Crippen LogP) is 3.65. The second-order valence-corrected chi connectivity index (χ2v) is 5.45. The molecule has 0 saturated carbocycles. The molecule has 0 spiro atoms. The van der Waals surface area contributed by atoms with Gasteiger partial charge in [0.05, 0.1) is 10.4 Å². The Morgan fingerprint density at radius 2 is 2.24 bits per heavy atom. The van der Waals surface area contributed by atoms with Crippen molar-refractivity contribution in [3.63, 3.8) is 0 Å². The van der Waals surface area contributed by atoms with E-state index in [4.69, 9.17) is 0 Å². The normalized spacial score (nSPS) is 10.2. The molecule has 3 nitrogen and oxygen atoms in total. The van der Waals surface area contributed by atoms with Gasteiger partial charge in [-0.25, -0.2) is 4.98 Å². The lowest BCUT2D eigenvalue weighted by Crippen LogP contribution is -1.96. The Labute approximate surface area is 108 Å². The minimum absolute atomic E-state index is 0.214.